The molecule has 1 atom stereocenters. The molecule has 0 aliphatic rings. The molecule has 0 aliphatic heterocycles. The molecule has 0 saturated carbocycles. The van der Waals surface area contributed by atoms with Gasteiger partial charge in [-0.3, -0.25) is 9.59 Å². The fourth-order valence-electron chi connectivity index (χ4n) is 2.88. The highest BCUT2D eigenvalue weighted by atomic mass is 16.5. The first-order valence-electron chi connectivity index (χ1n) is 9.41. The predicted octanol–water partition coefficient (Wildman–Crippen LogP) is 3.62. The van der Waals surface area contributed by atoms with Crippen molar-refractivity contribution in [3.05, 3.63) is 72.3 Å². The van der Waals surface area contributed by atoms with Gasteiger partial charge < -0.3 is 20.1 Å². The molecule has 150 valence electrons. The van der Waals surface area contributed by atoms with E-state index in [1.807, 2.05) is 42.5 Å². The van der Waals surface area contributed by atoms with Gasteiger partial charge in [0, 0.05) is 13.7 Å². The first-order chi connectivity index (χ1) is 14.1. The highest BCUT2D eigenvalue weighted by Crippen LogP contribution is 2.22. The zero-order valence-corrected chi connectivity index (χ0v) is 16.5. The molecule has 0 radical (unpaired) electrons. The van der Waals surface area contributed by atoms with Gasteiger partial charge in [0.25, 0.3) is 11.8 Å². The van der Waals surface area contributed by atoms with Gasteiger partial charge in [0.15, 0.2) is 6.10 Å². The number of hydrogen-bond acceptors (Lipinski definition) is 4. The Morgan fingerprint density at radius 2 is 1.69 bits per heavy atom. The van der Waals surface area contributed by atoms with Crippen molar-refractivity contribution in [3.63, 3.8) is 0 Å². The lowest BCUT2D eigenvalue weighted by Gasteiger charge is -2.17. The van der Waals surface area contributed by atoms with Crippen molar-refractivity contribution < 1.29 is 19.1 Å². The minimum atomic E-state index is -0.735. The van der Waals surface area contributed by atoms with E-state index in [0.717, 1.165) is 10.8 Å². The molecule has 3 aromatic rings. The Morgan fingerprint density at radius 3 is 2.48 bits per heavy atom. The van der Waals surface area contributed by atoms with Gasteiger partial charge in [0.2, 0.25) is 0 Å². The number of rotatable bonds is 8. The third-order valence-electron chi connectivity index (χ3n) is 4.42. The van der Waals surface area contributed by atoms with Gasteiger partial charge in [-0.1, -0.05) is 42.5 Å². The van der Waals surface area contributed by atoms with Crippen molar-refractivity contribution in [1.29, 1.82) is 0 Å². The van der Waals surface area contributed by atoms with Crippen LogP contribution >= 0.6 is 0 Å². The maximum atomic E-state index is 12.6. The van der Waals surface area contributed by atoms with Crippen molar-refractivity contribution in [2.75, 3.05) is 25.6 Å². The Kier molecular flexibility index (Phi) is 6.81. The second-order valence-electron chi connectivity index (χ2n) is 6.55. The summed E-state index contributed by atoms with van der Waals surface area (Å²) in [4.78, 5) is 25.0. The highest BCUT2D eigenvalue weighted by molar-refractivity contribution is 6.04. The van der Waals surface area contributed by atoms with Crippen molar-refractivity contribution in [2.45, 2.75) is 13.0 Å². The van der Waals surface area contributed by atoms with Crippen LogP contribution in [0.1, 0.15) is 17.3 Å². The maximum absolute atomic E-state index is 12.6. The molecule has 2 amide bonds. The van der Waals surface area contributed by atoms with E-state index in [0.29, 0.717) is 30.2 Å². The molecule has 0 saturated heterocycles. The van der Waals surface area contributed by atoms with Crippen LogP contribution < -0.4 is 15.4 Å². The summed E-state index contributed by atoms with van der Waals surface area (Å²) >= 11 is 0. The number of anilines is 1. The van der Waals surface area contributed by atoms with Crippen LogP contribution in [0.5, 0.6) is 5.75 Å². The van der Waals surface area contributed by atoms with Gasteiger partial charge in [-0.25, -0.2) is 0 Å². The van der Waals surface area contributed by atoms with E-state index < -0.39 is 6.10 Å². The average Bonchev–Trinajstić information content (AvgIpc) is 2.74. The van der Waals surface area contributed by atoms with Crippen LogP contribution in [0.25, 0.3) is 10.8 Å². The summed E-state index contributed by atoms with van der Waals surface area (Å²) in [5, 5.41) is 7.68. The lowest BCUT2D eigenvalue weighted by Crippen LogP contribution is -2.32. The summed E-state index contributed by atoms with van der Waals surface area (Å²) < 4.78 is 10.7. The standard InChI is InChI=1S/C23H24N2O4/c1-16(29-19-12-11-17-7-3-4-8-18(17)15-19)22(26)25-21-10-6-5-9-20(21)23(27)24-13-14-28-2/h3-12,15-16H,13-14H2,1-2H3,(H,24,27)(H,25,26)/t16-/m1/s1. The Hall–Kier alpha value is -3.38. The van der Waals surface area contributed by atoms with Crippen LogP contribution in [0.15, 0.2) is 66.7 Å². The first-order valence-corrected chi connectivity index (χ1v) is 9.41. The Balaban J connectivity index is 1.66. The SMILES string of the molecule is COCCNC(=O)c1ccccc1NC(=O)[C@@H](C)Oc1ccc2ccccc2c1. The van der Waals surface area contributed by atoms with Gasteiger partial charge >= 0.3 is 0 Å². The number of para-hydroxylation sites is 1. The highest BCUT2D eigenvalue weighted by Gasteiger charge is 2.18. The summed E-state index contributed by atoms with van der Waals surface area (Å²) in [6.45, 7) is 2.47. The van der Waals surface area contributed by atoms with Gasteiger partial charge in [0.1, 0.15) is 5.75 Å². The van der Waals surface area contributed by atoms with E-state index in [-0.39, 0.29) is 11.8 Å². The summed E-state index contributed by atoms with van der Waals surface area (Å²) in [6.07, 6.45) is -0.735. The lowest BCUT2D eigenvalue weighted by molar-refractivity contribution is -0.122. The second kappa shape index (κ2) is 9.71. The van der Waals surface area contributed by atoms with Crippen LogP contribution in [-0.2, 0) is 9.53 Å². The van der Waals surface area contributed by atoms with Gasteiger partial charge in [-0.15, -0.1) is 0 Å². The second-order valence-corrected chi connectivity index (χ2v) is 6.55. The third-order valence-corrected chi connectivity index (χ3v) is 4.42. The predicted molar refractivity (Wildman–Crippen MR) is 113 cm³/mol. The third kappa shape index (κ3) is 5.33. The van der Waals surface area contributed by atoms with E-state index in [4.69, 9.17) is 9.47 Å². The van der Waals surface area contributed by atoms with Crippen LogP contribution in [-0.4, -0.2) is 38.2 Å². The largest absolute Gasteiger partial charge is 0.481 e. The van der Waals surface area contributed by atoms with E-state index in [1.54, 1.807) is 38.3 Å². The smallest absolute Gasteiger partial charge is 0.265 e. The molecule has 6 heteroatoms. The number of carbonyl (C=O) groups is 2. The van der Waals surface area contributed by atoms with Crippen LogP contribution in [0.3, 0.4) is 0 Å². The molecule has 6 nitrogen and oxygen atoms in total. The Morgan fingerprint density at radius 1 is 0.966 bits per heavy atom. The van der Waals surface area contributed by atoms with Crippen molar-refractivity contribution in [1.82, 2.24) is 5.32 Å². The first kappa shape index (κ1) is 20.4. The summed E-state index contributed by atoms with van der Waals surface area (Å²) in [6, 6.07) is 20.5. The molecule has 0 heterocycles. The lowest BCUT2D eigenvalue weighted by atomic mass is 10.1. The molecule has 0 aliphatic carbocycles. The summed E-state index contributed by atoms with van der Waals surface area (Å²) in [5.74, 6) is -0.00621. The molecule has 0 fully saturated rings. The maximum Gasteiger partial charge on any atom is 0.265 e. The molecule has 2 N–H and O–H groups in total. The van der Waals surface area contributed by atoms with E-state index in [2.05, 4.69) is 10.6 Å². The number of fused-ring (bicyclic) bond motifs is 1. The monoisotopic (exact) mass is 392 g/mol. The number of ether oxygens (including phenoxy) is 2. The number of benzene rings is 3. The fourth-order valence-corrected chi connectivity index (χ4v) is 2.88. The van der Waals surface area contributed by atoms with Crippen LogP contribution in [0.4, 0.5) is 5.69 Å². The Labute approximate surface area is 169 Å². The van der Waals surface area contributed by atoms with Gasteiger partial charge in [0.05, 0.1) is 17.9 Å². The number of hydrogen-bond donors (Lipinski definition) is 2. The minimum Gasteiger partial charge on any atom is -0.481 e. The molecular formula is C23H24N2O4. The van der Waals surface area contributed by atoms with Gasteiger partial charge in [-0.2, -0.15) is 0 Å². The van der Waals surface area contributed by atoms with Crippen molar-refractivity contribution in [3.8, 4) is 5.75 Å². The number of methoxy groups -OCH3 is 1. The zero-order valence-electron chi connectivity index (χ0n) is 16.5. The van der Waals surface area contributed by atoms with Crippen LogP contribution in [0, 0.1) is 0 Å². The molecular weight excluding hydrogens is 368 g/mol. The van der Waals surface area contributed by atoms with E-state index in [9.17, 15) is 9.59 Å². The molecule has 0 unspecified atom stereocenters. The molecule has 3 aromatic carbocycles. The normalized spacial score (nSPS) is 11.7. The Bertz CT molecular complexity index is 1000. The summed E-state index contributed by atoms with van der Waals surface area (Å²) in [5.41, 5.74) is 0.816. The number of carbonyl (C=O) groups excluding carboxylic acids is 2. The van der Waals surface area contributed by atoms with Gasteiger partial charge in [-0.05, 0) is 42.0 Å². The molecule has 0 bridgehead atoms. The number of amides is 2. The molecule has 0 aromatic heterocycles. The van der Waals surface area contributed by atoms with Crippen molar-refractivity contribution >= 4 is 28.3 Å². The quantitative estimate of drug-likeness (QED) is 0.574. The average molecular weight is 392 g/mol. The molecule has 0 spiro atoms. The van der Waals surface area contributed by atoms with Crippen molar-refractivity contribution in [2.24, 2.45) is 0 Å². The molecule has 29 heavy (non-hydrogen) atoms. The van der Waals surface area contributed by atoms with E-state index >= 15 is 0 Å². The topological polar surface area (TPSA) is 76.7 Å². The zero-order chi connectivity index (χ0) is 20.6. The van der Waals surface area contributed by atoms with E-state index in [1.165, 1.54) is 0 Å². The fraction of sp³-hybridized carbons (Fsp3) is 0.217. The molecule has 3 rings (SSSR count). The van der Waals surface area contributed by atoms with Crippen LogP contribution in [0.2, 0.25) is 0 Å². The number of nitrogens with one attached hydrogen (secondary N) is 2. The minimum absolute atomic E-state index is 0.277. The summed E-state index contributed by atoms with van der Waals surface area (Å²) in [7, 11) is 1.57.